The van der Waals surface area contributed by atoms with Gasteiger partial charge in [-0.25, -0.2) is 9.59 Å². The van der Waals surface area contributed by atoms with Crippen LogP contribution in [-0.2, 0) is 19.0 Å². The molecule has 0 aromatic rings. The standard InChI is InChI=1S/C10H17NO5/c1-2-3-5-15-10(13)16-9(12)8-7-11-4-6-14-8/h8,11H,2-7H2,1H3. The van der Waals surface area contributed by atoms with Crippen molar-refractivity contribution in [2.45, 2.75) is 25.9 Å². The SMILES string of the molecule is CCCCOC(=O)OC(=O)C1CNCCO1. The molecular formula is C10H17NO5. The second-order valence-corrected chi connectivity index (χ2v) is 3.44. The van der Waals surface area contributed by atoms with Crippen LogP contribution < -0.4 is 5.32 Å². The number of esters is 1. The minimum Gasteiger partial charge on any atom is -0.434 e. The number of carbonyl (C=O) groups excluding carboxylic acids is 2. The van der Waals surface area contributed by atoms with Gasteiger partial charge >= 0.3 is 12.1 Å². The number of hydrogen-bond acceptors (Lipinski definition) is 6. The van der Waals surface area contributed by atoms with Crippen LogP contribution in [-0.4, -0.2) is 44.5 Å². The molecule has 1 N–H and O–H groups in total. The minimum atomic E-state index is -0.951. The Kier molecular flexibility index (Phi) is 5.81. The van der Waals surface area contributed by atoms with Gasteiger partial charge in [0.25, 0.3) is 0 Å². The number of unbranched alkanes of at least 4 members (excludes halogenated alkanes) is 1. The third-order valence-electron chi connectivity index (χ3n) is 2.09. The summed E-state index contributed by atoms with van der Waals surface area (Å²) in [6, 6.07) is 0. The number of nitrogens with one attached hydrogen (secondary N) is 1. The van der Waals surface area contributed by atoms with Crippen LogP contribution in [0.25, 0.3) is 0 Å². The zero-order valence-electron chi connectivity index (χ0n) is 9.36. The van der Waals surface area contributed by atoms with Gasteiger partial charge in [-0.1, -0.05) is 13.3 Å². The zero-order valence-corrected chi connectivity index (χ0v) is 9.36. The lowest BCUT2D eigenvalue weighted by Crippen LogP contribution is -2.44. The number of rotatable bonds is 4. The summed E-state index contributed by atoms with van der Waals surface area (Å²) in [5, 5.41) is 2.96. The third kappa shape index (κ3) is 4.59. The van der Waals surface area contributed by atoms with Crippen molar-refractivity contribution in [2.24, 2.45) is 0 Å². The molecule has 0 radical (unpaired) electrons. The van der Waals surface area contributed by atoms with Crippen molar-refractivity contribution in [3.8, 4) is 0 Å². The fraction of sp³-hybridized carbons (Fsp3) is 0.800. The van der Waals surface area contributed by atoms with Gasteiger partial charge in [-0.3, -0.25) is 0 Å². The lowest BCUT2D eigenvalue weighted by molar-refractivity contribution is -0.154. The molecule has 6 nitrogen and oxygen atoms in total. The number of morpholine rings is 1. The highest BCUT2D eigenvalue weighted by Crippen LogP contribution is 2.00. The van der Waals surface area contributed by atoms with Crippen LogP contribution in [0.15, 0.2) is 0 Å². The Morgan fingerprint density at radius 3 is 2.94 bits per heavy atom. The molecule has 92 valence electrons. The van der Waals surface area contributed by atoms with Crippen molar-refractivity contribution < 1.29 is 23.8 Å². The molecule has 0 aromatic carbocycles. The first-order chi connectivity index (χ1) is 7.74. The van der Waals surface area contributed by atoms with Gasteiger partial charge in [0.2, 0.25) is 0 Å². The van der Waals surface area contributed by atoms with E-state index in [-0.39, 0.29) is 6.61 Å². The summed E-state index contributed by atoms with van der Waals surface area (Å²) in [6.45, 7) is 3.74. The summed E-state index contributed by atoms with van der Waals surface area (Å²) in [5.41, 5.74) is 0. The Labute approximate surface area is 94.2 Å². The van der Waals surface area contributed by atoms with Gasteiger partial charge in [-0.15, -0.1) is 0 Å². The molecule has 1 rings (SSSR count). The van der Waals surface area contributed by atoms with Crippen molar-refractivity contribution in [2.75, 3.05) is 26.3 Å². The molecule has 1 saturated heterocycles. The Balaban J connectivity index is 2.19. The topological polar surface area (TPSA) is 73.9 Å². The first-order valence-electron chi connectivity index (χ1n) is 5.44. The highest BCUT2D eigenvalue weighted by molar-refractivity contribution is 5.85. The van der Waals surface area contributed by atoms with Gasteiger partial charge in [-0.2, -0.15) is 0 Å². The van der Waals surface area contributed by atoms with Crippen LogP contribution in [0.5, 0.6) is 0 Å². The van der Waals surface area contributed by atoms with Crippen LogP contribution in [0.4, 0.5) is 4.79 Å². The Morgan fingerprint density at radius 1 is 1.50 bits per heavy atom. The highest BCUT2D eigenvalue weighted by Gasteiger charge is 2.25. The minimum absolute atomic E-state index is 0.270. The summed E-state index contributed by atoms with van der Waals surface area (Å²) < 4.78 is 14.3. The molecule has 0 aromatic heterocycles. The van der Waals surface area contributed by atoms with E-state index >= 15 is 0 Å². The first-order valence-corrected chi connectivity index (χ1v) is 5.44. The summed E-state index contributed by atoms with van der Waals surface area (Å²) in [7, 11) is 0. The van der Waals surface area contributed by atoms with E-state index in [0.717, 1.165) is 12.8 Å². The van der Waals surface area contributed by atoms with E-state index in [9.17, 15) is 9.59 Å². The van der Waals surface area contributed by atoms with Gasteiger partial charge < -0.3 is 19.5 Å². The molecule has 1 aliphatic rings. The molecule has 0 bridgehead atoms. The number of carbonyl (C=O) groups is 2. The number of ether oxygens (including phenoxy) is 3. The van der Waals surface area contributed by atoms with Gasteiger partial charge in [0.1, 0.15) is 0 Å². The smallest absolute Gasteiger partial charge is 0.434 e. The lowest BCUT2D eigenvalue weighted by atomic mass is 10.3. The molecule has 1 fully saturated rings. The van der Waals surface area contributed by atoms with E-state index < -0.39 is 18.2 Å². The molecule has 1 heterocycles. The quantitative estimate of drug-likeness (QED) is 0.430. The molecule has 6 heteroatoms. The summed E-state index contributed by atoms with van der Waals surface area (Å²) in [6.07, 6.45) is 0.00174. The Hall–Kier alpha value is -1.14. The average molecular weight is 231 g/mol. The van der Waals surface area contributed by atoms with Crippen molar-refractivity contribution >= 4 is 12.1 Å². The van der Waals surface area contributed by atoms with Gasteiger partial charge in [0, 0.05) is 13.1 Å². The van der Waals surface area contributed by atoms with Crippen molar-refractivity contribution in [1.82, 2.24) is 5.32 Å². The van der Waals surface area contributed by atoms with Crippen LogP contribution in [0.1, 0.15) is 19.8 Å². The van der Waals surface area contributed by atoms with Crippen LogP contribution in [0.2, 0.25) is 0 Å². The molecule has 16 heavy (non-hydrogen) atoms. The molecule has 0 aliphatic carbocycles. The maximum absolute atomic E-state index is 11.4. The van der Waals surface area contributed by atoms with Crippen LogP contribution in [0.3, 0.4) is 0 Å². The molecule has 1 atom stereocenters. The van der Waals surface area contributed by atoms with E-state index in [1.807, 2.05) is 6.92 Å². The lowest BCUT2D eigenvalue weighted by Gasteiger charge is -2.21. The summed E-state index contributed by atoms with van der Waals surface area (Å²) >= 11 is 0. The highest BCUT2D eigenvalue weighted by atomic mass is 16.7. The van der Waals surface area contributed by atoms with Crippen molar-refractivity contribution in [3.63, 3.8) is 0 Å². The molecule has 0 saturated carbocycles. The normalized spacial score (nSPS) is 20.2. The van der Waals surface area contributed by atoms with Crippen molar-refractivity contribution in [1.29, 1.82) is 0 Å². The third-order valence-corrected chi connectivity index (χ3v) is 2.09. The summed E-state index contributed by atoms with van der Waals surface area (Å²) in [4.78, 5) is 22.4. The maximum atomic E-state index is 11.4. The van der Waals surface area contributed by atoms with E-state index in [0.29, 0.717) is 19.7 Å². The second-order valence-electron chi connectivity index (χ2n) is 3.44. The predicted molar refractivity (Wildman–Crippen MR) is 55.0 cm³/mol. The molecule has 0 spiro atoms. The van der Waals surface area contributed by atoms with Crippen molar-refractivity contribution in [3.05, 3.63) is 0 Å². The summed E-state index contributed by atoms with van der Waals surface area (Å²) in [5.74, 6) is -0.700. The number of hydrogen-bond donors (Lipinski definition) is 1. The van der Waals surface area contributed by atoms with E-state index in [2.05, 4.69) is 14.8 Å². The molecule has 0 amide bonds. The first kappa shape index (κ1) is 12.9. The van der Waals surface area contributed by atoms with E-state index in [1.165, 1.54) is 0 Å². The largest absolute Gasteiger partial charge is 0.516 e. The maximum Gasteiger partial charge on any atom is 0.516 e. The van der Waals surface area contributed by atoms with E-state index in [1.54, 1.807) is 0 Å². The Morgan fingerprint density at radius 2 is 2.31 bits per heavy atom. The zero-order chi connectivity index (χ0) is 11.8. The predicted octanol–water partition coefficient (Wildman–Crippen LogP) is 0.455. The fourth-order valence-electron chi connectivity index (χ4n) is 1.19. The second kappa shape index (κ2) is 7.19. The van der Waals surface area contributed by atoms with Gasteiger partial charge in [0.15, 0.2) is 6.10 Å². The fourth-order valence-corrected chi connectivity index (χ4v) is 1.19. The van der Waals surface area contributed by atoms with Gasteiger partial charge in [-0.05, 0) is 6.42 Å². The van der Waals surface area contributed by atoms with E-state index in [4.69, 9.17) is 4.74 Å². The van der Waals surface area contributed by atoms with Crippen LogP contribution >= 0.6 is 0 Å². The van der Waals surface area contributed by atoms with Gasteiger partial charge in [0.05, 0.1) is 13.2 Å². The molecular weight excluding hydrogens is 214 g/mol. The average Bonchev–Trinajstić information content (AvgIpc) is 2.30. The Bertz CT molecular complexity index is 237. The molecule has 1 aliphatic heterocycles. The monoisotopic (exact) mass is 231 g/mol. The van der Waals surface area contributed by atoms with Crippen LogP contribution in [0, 0.1) is 0 Å². The molecule has 1 unspecified atom stereocenters.